The van der Waals surface area contributed by atoms with E-state index in [0.717, 1.165) is 13.1 Å². The van der Waals surface area contributed by atoms with E-state index in [-0.39, 0.29) is 17.1 Å². The second-order valence-corrected chi connectivity index (χ2v) is 5.71. The average molecular weight is 254 g/mol. The molecule has 1 fully saturated rings. The molecule has 0 aliphatic carbocycles. The van der Waals surface area contributed by atoms with Gasteiger partial charge in [0, 0.05) is 23.9 Å². The summed E-state index contributed by atoms with van der Waals surface area (Å²) >= 11 is 1.19. The van der Waals surface area contributed by atoms with E-state index in [2.05, 4.69) is 24.1 Å². The number of anilines is 1. The normalized spacial score (nSPS) is 17.4. The number of nitrogens with zero attached hydrogens (tertiary/aromatic N) is 2. The molecule has 0 radical (unpaired) electrons. The van der Waals surface area contributed by atoms with Gasteiger partial charge in [-0.05, 0) is 0 Å². The first kappa shape index (κ1) is 11.8. The third-order valence-electron chi connectivity index (χ3n) is 2.50. The van der Waals surface area contributed by atoms with Gasteiger partial charge in [-0.1, -0.05) is 13.8 Å². The van der Waals surface area contributed by atoms with Gasteiger partial charge in [0.05, 0.1) is 0 Å². The van der Waals surface area contributed by atoms with Gasteiger partial charge in [-0.3, -0.25) is 10.1 Å². The van der Waals surface area contributed by atoms with Crippen LogP contribution in [0.1, 0.15) is 24.3 Å². The topological polar surface area (TPSA) is 88.3 Å². The molecule has 0 unspecified atom stereocenters. The largest absolute Gasteiger partial charge is 0.364 e. The lowest BCUT2D eigenvalue weighted by molar-refractivity contribution is 0.0688. The summed E-state index contributed by atoms with van der Waals surface area (Å²) in [5.74, 6) is -0.591. The highest BCUT2D eigenvalue weighted by atomic mass is 32.1. The Morgan fingerprint density at radius 1 is 1.53 bits per heavy atom. The second kappa shape index (κ2) is 3.99. The van der Waals surface area contributed by atoms with Crippen LogP contribution < -0.4 is 11.1 Å². The number of thiazole rings is 1. The number of urea groups is 1. The molecule has 0 bridgehead atoms. The molecule has 0 atom stereocenters. The lowest BCUT2D eigenvalue weighted by Gasteiger charge is -2.45. The molecule has 1 saturated heterocycles. The molecule has 3 N–H and O–H groups in total. The Hall–Kier alpha value is -1.63. The molecular weight excluding hydrogens is 240 g/mol. The molecule has 7 heteroatoms. The average Bonchev–Trinajstić information content (AvgIpc) is 2.62. The monoisotopic (exact) mass is 254 g/mol. The van der Waals surface area contributed by atoms with Crippen molar-refractivity contribution >= 4 is 28.4 Å². The predicted octanol–water partition coefficient (Wildman–Crippen LogP) is 1.12. The Morgan fingerprint density at radius 2 is 2.18 bits per heavy atom. The predicted molar refractivity (Wildman–Crippen MR) is 65.0 cm³/mol. The highest BCUT2D eigenvalue weighted by Gasteiger charge is 2.37. The molecule has 0 spiro atoms. The molecule has 3 amide bonds. The number of carbonyl (C=O) groups excluding carboxylic acids is 2. The van der Waals surface area contributed by atoms with Crippen LogP contribution in [0.5, 0.6) is 0 Å². The molecule has 17 heavy (non-hydrogen) atoms. The van der Waals surface area contributed by atoms with Crippen LogP contribution in [0.15, 0.2) is 5.38 Å². The minimum absolute atomic E-state index is 0.175. The van der Waals surface area contributed by atoms with E-state index in [0.29, 0.717) is 5.13 Å². The fourth-order valence-corrected chi connectivity index (χ4v) is 2.43. The summed E-state index contributed by atoms with van der Waals surface area (Å²) < 4.78 is 0. The molecule has 2 rings (SSSR count). The maximum atomic E-state index is 11.7. The van der Waals surface area contributed by atoms with Crippen molar-refractivity contribution in [3.63, 3.8) is 0 Å². The first-order valence-electron chi connectivity index (χ1n) is 5.19. The van der Waals surface area contributed by atoms with Crippen molar-refractivity contribution in [1.29, 1.82) is 0 Å². The number of primary amides is 1. The SMILES string of the molecule is CC1(C)CN(C(=O)Nc2nc(C(N)=O)cs2)C1. The second-order valence-electron chi connectivity index (χ2n) is 4.85. The van der Waals surface area contributed by atoms with E-state index in [1.807, 2.05) is 0 Å². The number of aromatic nitrogens is 1. The molecule has 2 heterocycles. The summed E-state index contributed by atoms with van der Waals surface area (Å²) in [4.78, 5) is 28.2. The summed E-state index contributed by atoms with van der Waals surface area (Å²) in [5, 5.41) is 4.57. The molecule has 1 aliphatic heterocycles. The van der Waals surface area contributed by atoms with Crippen molar-refractivity contribution < 1.29 is 9.59 Å². The fraction of sp³-hybridized carbons (Fsp3) is 0.500. The summed E-state index contributed by atoms with van der Waals surface area (Å²) in [7, 11) is 0. The highest BCUT2D eigenvalue weighted by Crippen LogP contribution is 2.29. The number of hydrogen-bond donors (Lipinski definition) is 2. The van der Waals surface area contributed by atoms with Gasteiger partial charge in [0.15, 0.2) is 5.13 Å². The summed E-state index contributed by atoms with van der Waals surface area (Å²) in [6.07, 6.45) is 0. The maximum absolute atomic E-state index is 11.7. The number of likely N-dealkylation sites (tertiary alicyclic amines) is 1. The Bertz CT molecular complexity index is 461. The van der Waals surface area contributed by atoms with Crippen LogP contribution in [0, 0.1) is 5.41 Å². The van der Waals surface area contributed by atoms with E-state index in [9.17, 15) is 9.59 Å². The van der Waals surface area contributed by atoms with E-state index >= 15 is 0 Å². The molecule has 92 valence electrons. The number of rotatable bonds is 2. The van der Waals surface area contributed by atoms with Gasteiger partial charge in [0.1, 0.15) is 5.69 Å². The third-order valence-corrected chi connectivity index (χ3v) is 3.25. The summed E-state index contributed by atoms with van der Waals surface area (Å²) in [6, 6.07) is -0.185. The van der Waals surface area contributed by atoms with Crippen molar-refractivity contribution in [2.24, 2.45) is 11.1 Å². The van der Waals surface area contributed by atoms with Crippen molar-refractivity contribution in [1.82, 2.24) is 9.88 Å². The van der Waals surface area contributed by atoms with E-state index in [4.69, 9.17) is 5.73 Å². The molecule has 0 saturated carbocycles. The van der Waals surface area contributed by atoms with Gasteiger partial charge in [-0.15, -0.1) is 11.3 Å². The fourth-order valence-electron chi connectivity index (χ4n) is 1.75. The molecule has 1 aromatic heterocycles. The van der Waals surface area contributed by atoms with Gasteiger partial charge in [-0.2, -0.15) is 0 Å². The Kier molecular flexibility index (Phi) is 2.78. The molecule has 6 nitrogen and oxygen atoms in total. The zero-order chi connectivity index (χ0) is 12.6. The summed E-state index contributed by atoms with van der Waals surface area (Å²) in [5.41, 5.74) is 5.44. The van der Waals surface area contributed by atoms with Gasteiger partial charge in [0.25, 0.3) is 5.91 Å². The van der Waals surface area contributed by atoms with Crippen LogP contribution in [-0.4, -0.2) is 34.9 Å². The van der Waals surface area contributed by atoms with E-state index < -0.39 is 5.91 Å². The Balaban J connectivity index is 1.93. The zero-order valence-electron chi connectivity index (χ0n) is 9.69. The number of nitrogens with one attached hydrogen (secondary N) is 1. The van der Waals surface area contributed by atoms with Crippen LogP contribution in [0.25, 0.3) is 0 Å². The molecule has 1 aromatic rings. The van der Waals surface area contributed by atoms with Crippen molar-refractivity contribution in [3.8, 4) is 0 Å². The standard InChI is InChI=1S/C10H14N4O2S/c1-10(2)4-14(5-10)9(16)13-8-12-6(3-17-8)7(11)15/h3H,4-5H2,1-2H3,(H2,11,15)(H,12,13,16). The molecule has 1 aliphatic rings. The first-order chi connectivity index (χ1) is 7.87. The Labute approximate surface area is 103 Å². The quantitative estimate of drug-likeness (QED) is 0.828. The van der Waals surface area contributed by atoms with Crippen molar-refractivity contribution in [2.45, 2.75) is 13.8 Å². The highest BCUT2D eigenvalue weighted by molar-refractivity contribution is 7.14. The first-order valence-corrected chi connectivity index (χ1v) is 6.07. The minimum Gasteiger partial charge on any atom is -0.364 e. The number of nitrogens with two attached hydrogens (primary N) is 1. The van der Waals surface area contributed by atoms with Crippen molar-refractivity contribution in [3.05, 3.63) is 11.1 Å². The van der Waals surface area contributed by atoms with Crippen LogP contribution in [0.3, 0.4) is 0 Å². The molecule has 0 aromatic carbocycles. The lowest BCUT2D eigenvalue weighted by atomic mass is 9.85. The number of amides is 3. The van der Waals surface area contributed by atoms with E-state index in [1.54, 1.807) is 4.90 Å². The molecular formula is C10H14N4O2S. The summed E-state index contributed by atoms with van der Waals surface area (Å²) in [6.45, 7) is 5.66. The van der Waals surface area contributed by atoms with Crippen LogP contribution in [-0.2, 0) is 0 Å². The zero-order valence-corrected chi connectivity index (χ0v) is 10.5. The number of hydrogen-bond acceptors (Lipinski definition) is 4. The maximum Gasteiger partial charge on any atom is 0.323 e. The van der Waals surface area contributed by atoms with Gasteiger partial charge in [-0.25, -0.2) is 9.78 Å². The Morgan fingerprint density at radius 3 is 2.65 bits per heavy atom. The number of carbonyl (C=O) groups is 2. The minimum atomic E-state index is -0.591. The van der Waals surface area contributed by atoms with Gasteiger partial charge in [0.2, 0.25) is 0 Å². The van der Waals surface area contributed by atoms with Crippen molar-refractivity contribution in [2.75, 3.05) is 18.4 Å². The van der Waals surface area contributed by atoms with Crippen LogP contribution in [0.4, 0.5) is 9.93 Å². The van der Waals surface area contributed by atoms with Gasteiger partial charge >= 0.3 is 6.03 Å². The lowest BCUT2D eigenvalue weighted by Crippen LogP contribution is -2.56. The van der Waals surface area contributed by atoms with E-state index in [1.165, 1.54) is 16.7 Å². The van der Waals surface area contributed by atoms with Gasteiger partial charge < -0.3 is 10.6 Å². The third kappa shape index (κ3) is 2.55. The van der Waals surface area contributed by atoms with Crippen LogP contribution >= 0.6 is 11.3 Å². The van der Waals surface area contributed by atoms with Crippen LogP contribution in [0.2, 0.25) is 0 Å². The smallest absolute Gasteiger partial charge is 0.323 e.